The van der Waals surface area contributed by atoms with E-state index in [1.807, 2.05) is 47.2 Å². The molecule has 0 bridgehead atoms. The number of methoxy groups -OCH3 is 1. The maximum Gasteiger partial charge on any atom is 0.274 e. The fourth-order valence-electron chi connectivity index (χ4n) is 5.30. The number of pyridine rings is 1. The quantitative estimate of drug-likeness (QED) is 0.281. The number of aromatic nitrogens is 3. The second-order valence-electron chi connectivity index (χ2n) is 9.76. The molecule has 0 unspecified atom stereocenters. The highest BCUT2D eigenvalue weighted by Gasteiger charge is 2.39. The van der Waals surface area contributed by atoms with Crippen molar-refractivity contribution in [3.8, 4) is 16.9 Å². The van der Waals surface area contributed by atoms with Crippen LogP contribution in [0.1, 0.15) is 53.3 Å². The lowest BCUT2D eigenvalue weighted by molar-refractivity contribution is 0.0580. The van der Waals surface area contributed by atoms with Crippen molar-refractivity contribution in [1.29, 1.82) is 0 Å². The highest BCUT2D eigenvalue weighted by atomic mass is 16.5. The Balaban J connectivity index is 1.76. The molecule has 1 atom stereocenters. The number of benzene rings is 2. The van der Waals surface area contributed by atoms with Crippen molar-refractivity contribution in [3.63, 3.8) is 0 Å². The molecule has 8 nitrogen and oxygen atoms in total. The van der Waals surface area contributed by atoms with Crippen molar-refractivity contribution < 1.29 is 14.3 Å². The van der Waals surface area contributed by atoms with Gasteiger partial charge < -0.3 is 18.9 Å². The van der Waals surface area contributed by atoms with E-state index in [0.29, 0.717) is 37.4 Å². The Morgan fingerprint density at radius 3 is 2.31 bits per heavy atom. The zero-order valence-electron chi connectivity index (χ0n) is 22.4. The molecule has 1 aliphatic rings. The van der Waals surface area contributed by atoms with Crippen molar-refractivity contribution in [3.05, 3.63) is 106 Å². The molecule has 1 aliphatic heterocycles. The summed E-state index contributed by atoms with van der Waals surface area (Å²) >= 11 is 0. The summed E-state index contributed by atoms with van der Waals surface area (Å²) in [5.74, 6) is -0.225. The molecule has 1 amide bonds. The first-order valence-corrected chi connectivity index (χ1v) is 13.4. The number of rotatable bonds is 11. The number of hydrogen-bond donors (Lipinski definition) is 1. The second-order valence-corrected chi connectivity index (χ2v) is 9.76. The highest BCUT2D eigenvalue weighted by Crippen LogP contribution is 2.41. The number of carbonyl (C=O) groups excluding carboxylic acids is 1. The molecule has 202 valence electrons. The first-order chi connectivity index (χ1) is 19.1. The van der Waals surface area contributed by atoms with E-state index in [2.05, 4.69) is 41.4 Å². The zero-order valence-corrected chi connectivity index (χ0v) is 22.4. The van der Waals surface area contributed by atoms with Crippen LogP contribution in [0.2, 0.25) is 0 Å². The minimum atomic E-state index is -0.310. The van der Waals surface area contributed by atoms with E-state index in [9.17, 15) is 9.59 Å². The molecule has 8 heteroatoms. The lowest BCUT2D eigenvalue weighted by Gasteiger charge is -2.41. The van der Waals surface area contributed by atoms with E-state index in [1.165, 1.54) is 0 Å². The molecule has 0 aliphatic carbocycles. The van der Waals surface area contributed by atoms with Crippen LogP contribution >= 0.6 is 0 Å². The van der Waals surface area contributed by atoms with Crippen molar-refractivity contribution in [2.75, 3.05) is 33.4 Å². The minimum absolute atomic E-state index is 0.0903. The van der Waals surface area contributed by atoms with Crippen molar-refractivity contribution in [2.24, 2.45) is 0 Å². The molecule has 39 heavy (non-hydrogen) atoms. The fourth-order valence-corrected chi connectivity index (χ4v) is 5.30. The second kappa shape index (κ2) is 12.1. The summed E-state index contributed by atoms with van der Waals surface area (Å²) in [4.78, 5) is 29.6. The molecule has 0 spiro atoms. The van der Waals surface area contributed by atoms with Gasteiger partial charge >= 0.3 is 0 Å². The number of nitrogens with one attached hydrogen (secondary N) is 1. The smallest absolute Gasteiger partial charge is 0.274 e. The molecule has 1 N–H and O–H groups in total. The normalized spacial score (nSPS) is 15.0. The van der Waals surface area contributed by atoms with Gasteiger partial charge in [-0.2, -0.15) is 5.10 Å². The van der Waals surface area contributed by atoms with Gasteiger partial charge in [0.15, 0.2) is 11.4 Å². The van der Waals surface area contributed by atoms with Gasteiger partial charge in [0.2, 0.25) is 5.43 Å². The molecular formula is C31H34N4O4. The number of nitrogens with zero attached hydrogens (tertiary/aromatic N) is 3. The van der Waals surface area contributed by atoms with Gasteiger partial charge in [-0.05, 0) is 17.5 Å². The van der Waals surface area contributed by atoms with E-state index >= 15 is 0 Å². The number of ether oxygens (including phenoxy) is 2. The van der Waals surface area contributed by atoms with Gasteiger partial charge in [0.1, 0.15) is 0 Å². The monoisotopic (exact) mass is 526 g/mol. The zero-order chi connectivity index (χ0) is 27.2. The molecule has 2 aromatic carbocycles. The first kappa shape index (κ1) is 26.4. The van der Waals surface area contributed by atoms with Gasteiger partial charge in [-0.25, -0.2) is 0 Å². The molecule has 0 fully saturated rings. The van der Waals surface area contributed by atoms with Gasteiger partial charge in [-0.1, -0.05) is 74.0 Å². The van der Waals surface area contributed by atoms with Crippen LogP contribution in [0.15, 0.2) is 84.0 Å². The topological polar surface area (TPSA) is 89.5 Å². The molecule has 4 aromatic rings. The summed E-state index contributed by atoms with van der Waals surface area (Å²) in [5, 5.41) is 6.87. The number of hydrogen-bond acceptors (Lipinski definition) is 5. The maximum absolute atomic E-state index is 14.0. The third-order valence-corrected chi connectivity index (χ3v) is 7.27. The predicted octanol–water partition coefficient (Wildman–Crippen LogP) is 4.89. The number of H-pyrrole nitrogens is 1. The summed E-state index contributed by atoms with van der Waals surface area (Å²) in [6.07, 6.45) is 6.80. The first-order valence-electron chi connectivity index (χ1n) is 13.4. The van der Waals surface area contributed by atoms with Crippen LogP contribution in [0.4, 0.5) is 0 Å². The lowest BCUT2D eigenvalue weighted by Crippen LogP contribution is -2.47. The summed E-state index contributed by atoms with van der Waals surface area (Å²) < 4.78 is 13.5. The number of aromatic amines is 1. The summed E-state index contributed by atoms with van der Waals surface area (Å²) in [6, 6.07) is 20.4. The molecule has 0 saturated carbocycles. The van der Waals surface area contributed by atoms with E-state index in [4.69, 9.17) is 9.47 Å². The Morgan fingerprint density at radius 2 is 1.72 bits per heavy atom. The number of unbranched alkanes of at least 4 members (excludes halogenated alkanes) is 1. The van der Waals surface area contributed by atoms with Crippen LogP contribution in [0.5, 0.6) is 5.75 Å². The van der Waals surface area contributed by atoms with Crippen LogP contribution in [-0.4, -0.2) is 59.0 Å². The van der Waals surface area contributed by atoms with Gasteiger partial charge in [-0.3, -0.25) is 14.7 Å². The third kappa shape index (κ3) is 5.38. The Morgan fingerprint density at radius 1 is 1.03 bits per heavy atom. The lowest BCUT2D eigenvalue weighted by atomic mass is 9.83. The molecule has 0 saturated heterocycles. The predicted molar refractivity (Wildman–Crippen MR) is 150 cm³/mol. The molecule has 0 radical (unpaired) electrons. The third-order valence-electron chi connectivity index (χ3n) is 7.27. The van der Waals surface area contributed by atoms with E-state index in [0.717, 1.165) is 24.0 Å². The van der Waals surface area contributed by atoms with Crippen molar-refractivity contribution >= 4 is 5.91 Å². The Labute approximate surface area is 228 Å². The highest BCUT2D eigenvalue weighted by molar-refractivity contribution is 5.96. The minimum Gasteiger partial charge on any atom is -0.487 e. The Bertz CT molecular complexity index is 1400. The van der Waals surface area contributed by atoms with Crippen LogP contribution in [0.25, 0.3) is 11.1 Å². The average Bonchev–Trinajstić information content (AvgIpc) is 3.51. The number of amides is 1. The summed E-state index contributed by atoms with van der Waals surface area (Å²) in [5.41, 5.74) is 3.32. The molecular weight excluding hydrogens is 492 g/mol. The van der Waals surface area contributed by atoms with Crippen LogP contribution in [0, 0.1) is 0 Å². The van der Waals surface area contributed by atoms with Crippen molar-refractivity contribution in [1.82, 2.24) is 19.7 Å². The summed E-state index contributed by atoms with van der Waals surface area (Å²) in [6.45, 7) is 3.67. The molecule has 2 aromatic heterocycles. The largest absolute Gasteiger partial charge is 0.487 e. The number of carbonyl (C=O) groups is 1. The number of fused-ring (bicyclic) bond motifs is 1. The standard InChI is InChI=1S/C31H34N4O4/c1-3-4-16-39-30-28-31(37)34(15-17-38-2)21-26(35(28)20-25(29(30)36)24-18-32-33-19-24)27(22-11-7-5-8-12-22)23-13-9-6-10-14-23/h5-14,18-20,26-27H,3-4,15-17,21H2,1-2H3,(H,32,33)/t26-/m1/s1. The average molecular weight is 527 g/mol. The van der Waals surface area contributed by atoms with Gasteiger partial charge in [0.25, 0.3) is 5.91 Å². The van der Waals surface area contributed by atoms with Gasteiger partial charge in [0, 0.05) is 44.1 Å². The SMILES string of the molecule is CCCCOc1c2n(cc(-c3cn[nH]c3)c1=O)[C@@H](C(c1ccccc1)c1ccccc1)CN(CCOC)C2=O. The van der Waals surface area contributed by atoms with Crippen molar-refractivity contribution in [2.45, 2.75) is 31.7 Å². The van der Waals surface area contributed by atoms with Gasteiger partial charge in [-0.15, -0.1) is 0 Å². The summed E-state index contributed by atoms with van der Waals surface area (Å²) in [7, 11) is 1.62. The van der Waals surface area contributed by atoms with Gasteiger partial charge in [0.05, 0.1) is 31.0 Å². The maximum atomic E-state index is 14.0. The van der Waals surface area contributed by atoms with E-state index in [1.54, 1.807) is 24.4 Å². The Kier molecular flexibility index (Phi) is 8.22. The fraction of sp³-hybridized carbons (Fsp3) is 0.323. The molecule has 5 rings (SSSR count). The molecule has 3 heterocycles. The van der Waals surface area contributed by atoms with Crippen LogP contribution in [0.3, 0.4) is 0 Å². The Hall–Kier alpha value is -4.17. The van der Waals surface area contributed by atoms with E-state index in [-0.39, 0.29) is 34.7 Å². The van der Waals surface area contributed by atoms with E-state index < -0.39 is 0 Å². The van der Waals surface area contributed by atoms with Crippen LogP contribution in [-0.2, 0) is 4.74 Å². The van der Waals surface area contributed by atoms with Crippen LogP contribution < -0.4 is 10.2 Å².